The van der Waals surface area contributed by atoms with Gasteiger partial charge in [-0.25, -0.2) is 4.57 Å². The number of aliphatic hydroxyl groups excluding tert-OH is 2. The average Bonchev–Trinajstić information content (AvgIpc) is 3.15. The summed E-state index contributed by atoms with van der Waals surface area (Å²) >= 11 is 0. The maximum Gasteiger partial charge on any atom is 0.472 e. The summed E-state index contributed by atoms with van der Waals surface area (Å²) in [7, 11) is -4.41. The van der Waals surface area contributed by atoms with Gasteiger partial charge in [0.05, 0.1) is 37.9 Å². The lowest BCUT2D eigenvalue weighted by Crippen LogP contribution is -2.46. The Bertz CT molecular complexity index is 1000. The largest absolute Gasteiger partial charge is 0.472 e. The zero-order valence-corrected chi connectivity index (χ0v) is 35.5. The molecule has 0 heterocycles. The minimum Gasteiger partial charge on any atom is -0.393 e. The lowest BCUT2D eigenvalue weighted by atomic mass is 10.0. The molecular formula is C44H83N2O7P. The monoisotopic (exact) mass is 783 g/mol. The molecule has 6 N–H and O–H groups in total. The highest BCUT2D eigenvalue weighted by atomic mass is 31.2. The van der Waals surface area contributed by atoms with E-state index in [0.29, 0.717) is 12.8 Å². The molecule has 0 fully saturated rings. The molecule has 0 saturated carbocycles. The highest BCUT2D eigenvalue weighted by Gasteiger charge is 2.27. The van der Waals surface area contributed by atoms with Crippen LogP contribution in [0.2, 0.25) is 0 Å². The molecule has 0 bridgehead atoms. The van der Waals surface area contributed by atoms with Crippen LogP contribution in [0.5, 0.6) is 0 Å². The smallest absolute Gasteiger partial charge is 0.393 e. The van der Waals surface area contributed by atoms with Gasteiger partial charge in [-0.05, 0) is 70.6 Å². The van der Waals surface area contributed by atoms with Crippen molar-refractivity contribution < 1.29 is 33.5 Å². The van der Waals surface area contributed by atoms with Gasteiger partial charge in [-0.3, -0.25) is 13.8 Å². The summed E-state index contributed by atoms with van der Waals surface area (Å²) in [6, 6.07) is -1.01. The Morgan fingerprint density at radius 3 is 1.54 bits per heavy atom. The molecule has 9 nitrogen and oxygen atoms in total. The number of phosphoric ester groups is 1. The molecule has 10 heteroatoms. The summed E-state index contributed by atoms with van der Waals surface area (Å²) in [6.07, 6.45) is 44.8. The Morgan fingerprint density at radius 2 is 1.06 bits per heavy atom. The zero-order chi connectivity index (χ0) is 39.8. The average molecular weight is 783 g/mol. The number of amides is 1. The number of phosphoric acid groups is 1. The molecule has 0 aromatic rings. The highest BCUT2D eigenvalue weighted by Crippen LogP contribution is 2.43. The first-order valence-corrected chi connectivity index (χ1v) is 23.3. The van der Waals surface area contributed by atoms with E-state index in [2.05, 4.69) is 55.6 Å². The first-order valence-electron chi connectivity index (χ1n) is 21.8. The van der Waals surface area contributed by atoms with Gasteiger partial charge in [-0.15, -0.1) is 0 Å². The van der Waals surface area contributed by atoms with Crippen molar-refractivity contribution in [2.24, 2.45) is 5.73 Å². The van der Waals surface area contributed by atoms with Crippen LogP contribution in [-0.2, 0) is 18.4 Å². The van der Waals surface area contributed by atoms with E-state index in [9.17, 15) is 24.5 Å². The molecule has 54 heavy (non-hydrogen) atoms. The van der Waals surface area contributed by atoms with Crippen LogP contribution < -0.4 is 11.1 Å². The summed E-state index contributed by atoms with van der Waals surface area (Å²) in [5.74, 6) is -0.466. The minimum atomic E-state index is -4.41. The van der Waals surface area contributed by atoms with E-state index in [-0.39, 0.29) is 19.6 Å². The minimum absolute atomic E-state index is 0.0401. The number of nitrogens with two attached hydrogens (primary N) is 1. The summed E-state index contributed by atoms with van der Waals surface area (Å²) in [5, 5.41) is 24.0. The number of aliphatic hydroxyl groups is 2. The van der Waals surface area contributed by atoms with Crippen LogP contribution in [-0.4, -0.2) is 59.0 Å². The van der Waals surface area contributed by atoms with Gasteiger partial charge < -0.3 is 26.2 Å². The second-order valence-corrected chi connectivity index (χ2v) is 16.2. The fourth-order valence-electron chi connectivity index (χ4n) is 6.08. The van der Waals surface area contributed by atoms with E-state index in [1.165, 1.54) is 96.3 Å². The third kappa shape index (κ3) is 37.3. The Labute approximate surface area is 331 Å². The molecule has 0 aromatic carbocycles. The van der Waals surface area contributed by atoms with Crippen molar-refractivity contribution in [3.05, 3.63) is 48.6 Å². The molecule has 0 aliphatic rings. The van der Waals surface area contributed by atoms with Crippen molar-refractivity contribution in [2.75, 3.05) is 19.8 Å². The van der Waals surface area contributed by atoms with E-state index in [1.807, 2.05) is 6.08 Å². The second-order valence-electron chi connectivity index (χ2n) is 14.7. The van der Waals surface area contributed by atoms with Gasteiger partial charge in [-0.2, -0.15) is 0 Å². The standard InChI is InChI=1S/C44H83N2O7P/c1-3-5-7-9-11-13-15-17-19-20-22-23-25-27-29-31-33-35-41(47)39-44(49)46-42(40-53-54(50,51)52-38-37-45)43(48)36-34-32-30-28-26-24-21-18-16-14-12-10-8-6-4-2/h16,18,20,22,26,28,34,36,41-43,47-48H,3-15,17,19,21,23-25,27,29-33,35,37-40,45H2,1-2H3,(H,46,49)(H,50,51)/b18-16+,22-20-,28-26+,36-34+. The maximum absolute atomic E-state index is 12.8. The van der Waals surface area contributed by atoms with E-state index in [1.54, 1.807) is 6.08 Å². The number of carbonyl (C=O) groups excluding carboxylic acids is 1. The Balaban J connectivity index is 4.40. The second kappa shape index (κ2) is 39.6. The van der Waals surface area contributed by atoms with Crippen LogP contribution >= 0.6 is 7.82 Å². The van der Waals surface area contributed by atoms with Gasteiger partial charge >= 0.3 is 7.82 Å². The van der Waals surface area contributed by atoms with Gasteiger partial charge in [0.2, 0.25) is 5.91 Å². The number of allylic oxidation sites excluding steroid dienone is 7. The summed E-state index contributed by atoms with van der Waals surface area (Å²) in [5.41, 5.74) is 5.36. The van der Waals surface area contributed by atoms with E-state index in [0.717, 1.165) is 57.8 Å². The van der Waals surface area contributed by atoms with Crippen molar-refractivity contribution >= 4 is 13.7 Å². The van der Waals surface area contributed by atoms with Gasteiger partial charge in [0.25, 0.3) is 0 Å². The van der Waals surface area contributed by atoms with Gasteiger partial charge in [0.15, 0.2) is 0 Å². The number of unbranched alkanes of at least 4 members (excludes halogenated alkanes) is 20. The van der Waals surface area contributed by atoms with E-state index < -0.39 is 38.6 Å². The third-order valence-electron chi connectivity index (χ3n) is 9.41. The van der Waals surface area contributed by atoms with E-state index in [4.69, 9.17) is 14.8 Å². The van der Waals surface area contributed by atoms with Crippen LogP contribution in [0.3, 0.4) is 0 Å². The SMILES string of the molecule is CCCCCCC/C=C/CC/C=C/CC/C=C/C(O)C(COP(=O)(O)OCCN)NC(=O)CC(O)CCCCCCC/C=C\CCCCCCCCCC. The number of hydrogen-bond acceptors (Lipinski definition) is 7. The van der Waals surface area contributed by atoms with Gasteiger partial charge in [-0.1, -0.05) is 159 Å². The van der Waals surface area contributed by atoms with Crippen molar-refractivity contribution in [3.8, 4) is 0 Å². The van der Waals surface area contributed by atoms with Gasteiger partial charge in [0, 0.05) is 6.54 Å². The van der Waals surface area contributed by atoms with Crippen molar-refractivity contribution in [1.82, 2.24) is 5.32 Å². The first kappa shape index (κ1) is 52.4. The van der Waals surface area contributed by atoms with Crippen molar-refractivity contribution in [2.45, 2.75) is 205 Å². The molecule has 4 atom stereocenters. The molecule has 0 radical (unpaired) electrons. The highest BCUT2D eigenvalue weighted by molar-refractivity contribution is 7.47. The van der Waals surface area contributed by atoms with Crippen molar-refractivity contribution in [3.63, 3.8) is 0 Å². The molecule has 316 valence electrons. The number of nitrogens with one attached hydrogen (secondary N) is 1. The molecule has 0 aromatic heterocycles. The number of hydrogen-bond donors (Lipinski definition) is 5. The normalized spacial score (nSPS) is 15.1. The molecule has 0 aliphatic carbocycles. The quantitative estimate of drug-likeness (QED) is 0.0234. The summed E-state index contributed by atoms with van der Waals surface area (Å²) < 4.78 is 22.0. The fourth-order valence-corrected chi connectivity index (χ4v) is 6.84. The molecule has 0 saturated heterocycles. The van der Waals surface area contributed by atoms with Crippen LogP contribution in [0.4, 0.5) is 0 Å². The predicted molar refractivity (Wildman–Crippen MR) is 227 cm³/mol. The van der Waals surface area contributed by atoms with E-state index >= 15 is 0 Å². The molecule has 0 rings (SSSR count). The zero-order valence-electron chi connectivity index (χ0n) is 34.6. The Morgan fingerprint density at radius 1 is 0.630 bits per heavy atom. The van der Waals surface area contributed by atoms with Crippen LogP contribution in [0, 0.1) is 0 Å². The maximum atomic E-state index is 12.8. The first-order chi connectivity index (χ1) is 26.3. The Kier molecular flexibility index (Phi) is 38.5. The molecule has 0 spiro atoms. The van der Waals surface area contributed by atoms with Crippen LogP contribution in [0.25, 0.3) is 0 Å². The fraction of sp³-hybridized carbons (Fsp3) is 0.795. The predicted octanol–water partition coefficient (Wildman–Crippen LogP) is 11.1. The summed E-state index contributed by atoms with van der Waals surface area (Å²) in [4.78, 5) is 22.7. The molecular weight excluding hydrogens is 699 g/mol. The topological polar surface area (TPSA) is 151 Å². The van der Waals surface area contributed by atoms with Crippen LogP contribution in [0.15, 0.2) is 48.6 Å². The Hall–Kier alpha value is -1.58. The number of rotatable bonds is 40. The lowest BCUT2D eigenvalue weighted by Gasteiger charge is -2.24. The summed E-state index contributed by atoms with van der Waals surface area (Å²) in [6.45, 7) is 3.91. The van der Waals surface area contributed by atoms with Crippen molar-refractivity contribution in [1.29, 1.82) is 0 Å². The third-order valence-corrected chi connectivity index (χ3v) is 10.4. The van der Waals surface area contributed by atoms with Gasteiger partial charge in [0.1, 0.15) is 0 Å². The molecule has 4 unspecified atom stereocenters. The lowest BCUT2D eigenvalue weighted by molar-refractivity contribution is -0.124. The molecule has 0 aliphatic heterocycles. The molecule has 1 amide bonds. The number of carbonyl (C=O) groups is 1. The van der Waals surface area contributed by atoms with Crippen LogP contribution in [0.1, 0.15) is 187 Å².